The van der Waals surface area contributed by atoms with Crippen LogP contribution in [-0.4, -0.2) is 25.5 Å². The third-order valence-electron chi connectivity index (χ3n) is 3.59. The van der Waals surface area contributed by atoms with Crippen molar-refractivity contribution in [3.63, 3.8) is 0 Å². The van der Waals surface area contributed by atoms with Gasteiger partial charge < -0.3 is 19.5 Å². The average Bonchev–Trinajstić information content (AvgIpc) is 2.70. The molecule has 1 saturated heterocycles. The summed E-state index contributed by atoms with van der Waals surface area (Å²) in [5.74, 6) is 1.79. The fourth-order valence-corrected chi connectivity index (χ4v) is 2.55. The zero-order valence-corrected chi connectivity index (χ0v) is 11.6. The van der Waals surface area contributed by atoms with Gasteiger partial charge in [0.15, 0.2) is 11.5 Å². The van der Waals surface area contributed by atoms with Crippen molar-refractivity contribution in [1.29, 1.82) is 0 Å². The number of fused-ring (bicyclic) bond motifs is 1. The molecule has 2 aliphatic heterocycles. The van der Waals surface area contributed by atoms with E-state index in [1.165, 1.54) is 0 Å². The normalized spacial score (nSPS) is 21.4. The van der Waals surface area contributed by atoms with E-state index in [0.29, 0.717) is 5.92 Å². The zero-order chi connectivity index (χ0) is 13.3. The van der Waals surface area contributed by atoms with Crippen LogP contribution < -0.4 is 14.8 Å². The van der Waals surface area contributed by atoms with E-state index in [-0.39, 0.29) is 0 Å². The van der Waals surface area contributed by atoms with E-state index in [1.54, 1.807) is 0 Å². The van der Waals surface area contributed by atoms with E-state index in [0.717, 1.165) is 49.8 Å². The van der Waals surface area contributed by atoms with Crippen LogP contribution in [0, 0.1) is 5.92 Å². The third kappa shape index (κ3) is 2.95. The Morgan fingerprint density at radius 1 is 1.16 bits per heavy atom. The van der Waals surface area contributed by atoms with Gasteiger partial charge in [0.2, 0.25) is 5.79 Å². The first-order chi connectivity index (χ1) is 9.12. The van der Waals surface area contributed by atoms with Gasteiger partial charge in [0, 0.05) is 45.4 Å². The number of rotatable bonds is 3. The Kier molecular flexibility index (Phi) is 3.27. The summed E-state index contributed by atoms with van der Waals surface area (Å²) in [5.41, 5.74) is 1.09. The van der Waals surface area contributed by atoms with Crippen LogP contribution in [0.5, 0.6) is 11.5 Å². The largest absolute Gasteiger partial charge is 0.449 e. The van der Waals surface area contributed by atoms with Gasteiger partial charge in [-0.05, 0) is 30.9 Å². The summed E-state index contributed by atoms with van der Waals surface area (Å²) in [4.78, 5) is 0. The summed E-state index contributed by atoms with van der Waals surface area (Å²) in [6, 6.07) is 6.03. The minimum atomic E-state index is -0.554. The van der Waals surface area contributed by atoms with Crippen molar-refractivity contribution in [2.45, 2.75) is 32.5 Å². The Hall–Kier alpha value is -1.42. The highest BCUT2D eigenvalue weighted by molar-refractivity contribution is 5.56. The summed E-state index contributed by atoms with van der Waals surface area (Å²) in [5, 5.41) is 3.48. The lowest BCUT2D eigenvalue weighted by Gasteiger charge is -2.22. The highest BCUT2D eigenvalue weighted by Crippen LogP contribution is 2.40. The first-order valence-electron chi connectivity index (χ1n) is 6.96. The number of hydrogen-bond donors (Lipinski definition) is 1. The molecule has 19 heavy (non-hydrogen) atoms. The number of anilines is 1. The lowest BCUT2D eigenvalue weighted by atomic mass is 10.0. The molecule has 0 aliphatic carbocycles. The van der Waals surface area contributed by atoms with Crippen molar-refractivity contribution in [3.8, 4) is 11.5 Å². The van der Waals surface area contributed by atoms with Crippen molar-refractivity contribution in [2.75, 3.05) is 25.1 Å². The number of nitrogens with one attached hydrogen (secondary N) is 1. The van der Waals surface area contributed by atoms with Crippen LogP contribution in [0.1, 0.15) is 26.7 Å². The van der Waals surface area contributed by atoms with Gasteiger partial charge in [-0.2, -0.15) is 0 Å². The highest BCUT2D eigenvalue weighted by Gasteiger charge is 2.31. The summed E-state index contributed by atoms with van der Waals surface area (Å²) in [7, 11) is 0. The van der Waals surface area contributed by atoms with Crippen LogP contribution in [0.3, 0.4) is 0 Å². The maximum Gasteiger partial charge on any atom is 0.246 e. The maximum atomic E-state index is 5.74. The van der Waals surface area contributed by atoms with E-state index in [1.807, 2.05) is 32.0 Å². The first kappa shape index (κ1) is 12.6. The standard InChI is InChI=1S/C15H21NO3/c1-15(2)18-13-4-3-12(9-14(13)19-15)16-10-11-5-7-17-8-6-11/h3-4,9,11,16H,5-8,10H2,1-2H3. The van der Waals surface area contributed by atoms with Gasteiger partial charge in [0.05, 0.1) is 0 Å². The predicted octanol–water partition coefficient (Wildman–Crippen LogP) is 3.03. The molecule has 104 valence electrons. The fraction of sp³-hybridized carbons (Fsp3) is 0.600. The number of hydrogen-bond acceptors (Lipinski definition) is 4. The molecule has 4 nitrogen and oxygen atoms in total. The van der Waals surface area contributed by atoms with Crippen molar-refractivity contribution >= 4 is 5.69 Å². The highest BCUT2D eigenvalue weighted by atomic mass is 16.7. The van der Waals surface area contributed by atoms with Gasteiger partial charge in [0.1, 0.15) is 0 Å². The van der Waals surface area contributed by atoms with Crippen molar-refractivity contribution in [1.82, 2.24) is 0 Å². The number of ether oxygens (including phenoxy) is 3. The van der Waals surface area contributed by atoms with Crippen molar-refractivity contribution < 1.29 is 14.2 Å². The Bertz CT molecular complexity index is 453. The van der Waals surface area contributed by atoms with Crippen LogP contribution in [0.25, 0.3) is 0 Å². The first-order valence-corrected chi connectivity index (χ1v) is 6.96. The van der Waals surface area contributed by atoms with Gasteiger partial charge in [-0.15, -0.1) is 0 Å². The third-order valence-corrected chi connectivity index (χ3v) is 3.59. The van der Waals surface area contributed by atoms with Crippen molar-refractivity contribution in [2.24, 2.45) is 5.92 Å². The van der Waals surface area contributed by atoms with Gasteiger partial charge in [-0.1, -0.05) is 0 Å². The van der Waals surface area contributed by atoms with E-state index >= 15 is 0 Å². The molecule has 0 atom stereocenters. The van der Waals surface area contributed by atoms with E-state index in [2.05, 4.69) is 5.32 Å². The molecule has 0 aromatic heterocycles. The van der Waals surface area contributed by atoms with Crippen LogP contribution in [0.4, 0.5) is 5.69 Å². The summed E-state index contributed by atoms with van der Waals surface area (Å²) in [6.07, 6.45) is 2.29. The van der Waals surface area contributed by atoms with Gasteiger partial charge >= 0.3 is 0 Å². The Morgan fingerprint density at radius 2 is 1.89 bits per heavy atom. The van der Waals surface area contributed by atoms with Gasteiger partial charge in [-0.25, -0.2) is 0 Å². The molecule has 1 aromatic carbocycles. The van der Waals surface area contributed by atoms with Crippen LogP contribution in [-0.2, 0) is 4.74 Å². The lowest BCUT2D eigenvalue weighted by molar-refractivity contribution is -0.0431. The van der Waals surface area contributed by atoms with Gasteiger partial charge in [-0.3, -0.25) is 0 Å². The van der Waals surface area contributed by atoms with Crippen molar-refractivity contribution in [3.05, 3.63) is 18.2 Å². The minimum absolute atomic E-state index is 0.554. The molecule has 0 bridgehead atoms. The summed E-state index contributed by atoms with van der Waals surface area (Å²) in [6.45, 7) is 6.61. The molecule has 0 unspecified atom stereocenters. The summed E-state index contributed by atoms with van der Waals surface area (Å²) >= 11 is 0. The van der Waals surface area contributed by atoms with Gasteiger partial charge in [0.25, 0.3) is 0 Å². The fourth-order valence-electron chi connectivity index (χ4n) is 2.55. The molecule has 4 heteroatoms. The SMILES string of the molecule is CC1(C)Oc2ccc(NCC3CCOCC3)cc2O1. The Balaban J connectivity index is 1.60. The van der Waals surface area contributed by atoms with Crippen LogP contribution in [0.15, 0.2) is 18.2 Å². The Labute approximate surface area is 114 Å². The summed E-state index contributed by atoms with van der Waals surface area (Å²) < 4.78 is 16.8. The van der Waals surface area contributed by atoms with E-state index in [4.69, 9.17) is 14.2 Å². The predicted molar refractivity (Wildman–Crippen MR) is 73.8 cm³/mol. The molecule has 2 aliphatic rings. The second-order valence-electron chi connectivity index (χ2n) is 5.70. The topological polar surface area (TPSA) is 39.7 Å². The van der Waals surface area contributed by atoms with E-state index < -0.39 is 5.79 Å². The average molecular weight is 263 g/mol. The smallest absolute Gasteiger partial charge is 0.246 e. The monoisotopic (exact) mass is 263 g/mol. The van der Waals surface area contributed by atoms with Crippen LogP contribution in [0.2, 0.25) is 0 Å². The maximum absolute atomic E-state index is 5.74. The molecule has 0 saturated carbocycles. The molecule has 1 aromatic rings. The second kappa shape index (κ2) is 4.93. The number of benzene rings is 1. The molecule has 0 amide bonds. The zero-order valence-electron chi connectivity index (χ0n) is 11.6. The quantitative estimate of drug-likeness (QED) is 0.910. The molecular formula is C15H21NO3. The second-order valence-corrected chi connectivity index (χ2v) is 5.70. The molecule has 0 spiro atoms. The Morgan fingerprint density at radius 3 is 2.68 bits per heavy atom. The minimum Gasteiger partial charge on any atom is -0.449 e. The molecule has 3 rings (SSSR count). The molecule has 0 radical (unpaired) electrons. The molecule has 2 heterocycles. The molecule has 1 N–H and O–H groups in total. The van der Waals surface area contributed by atoms with E-state index in [9.17, 15) is 0 Å². The lowest BCUT2D eigenvalue weighted by Crippen LogP contribution is -2.29. The molecule has 1 fully saturated rings. The molecular weight excluding hydrogens is 242 g/mol. The van der Waals surface area contributed by atoms with Crippen LogP contribution >= 0.6 is 0 Å².